The number of hydrogen-bond acceptors (Lipinski definition) is 6. The molecule has 0 radical (unpaired) electrons. The topological polar surface area (TPSA) is 98.6 Å². The van der Waals surface area contributed by atoms with Crippen molar-refractivity contribution in [2.45, 2.75) is 58.9 Å². The number of ether oxygens (including phenoxy) is 1. The zero-order valence-electron chi connectivity index (χ0n) is 22.6. The van der Waals surface area contributed by atoms with Gasteiger partial charge in [-0.25, -0.2) is 10.1 Å². The number of aromatic nitrogens is 6. The molecular formula is C31H34N6O2. The second kappa shape index (κ2) is 12.5. The van der Waals surface area contributed by atoms with Crippen molar-refractivity contribution in [2.24, 2.45) is 0 Å². The van der Waals surface area contributed by atoms with Crippen molar-refractivity contribution < 1.29 is 4.74 Å². The Morgan fingerprint density at radius 1 is 0.897 bits per heavy atom. The van der Waals surface area contributed by atoms with Gasteiger partial charge in [0, 0.05) is 12.0 Å². The first kappa shape index (κ1) is 26.3. The summed E-state index contributed by atoms with van der Waals surface area (Å²) in [5.74, 6) is 2.16. The molecule has 3 aromatic carbocycles. The van der Waals surface area contributed by atoms with Gasteiger partial charge in [-0.15, -0.1) is 5.10 Å². The summed E-state index contributed by atoms with van der Waals surface area (Å²) in [6.07, 6.45) is 6.04. The van der Waals surface area contributed by atoms with Crippen LogP contribution in [-0.4, -0.2) is 36.8 Å². The first-order valence-electron chi connectivity index (χ1n) is 13.8. The van der Waals surface area contributed by atoms with E-state index < -0.39 is 0 Å². The van der Waals surface area contributed by atoms with Gasteiger partial charge in [0.25, 0.3) is 5.56 Å². The van der Waals surface area contributed by atoms with Gasteiger partial charge in [0.05, 0.1) is 24.1 Å². The molecule has 5 rings (SSSR count). The van der Waals surface area contributed by atoms with Crippen LogP contribution in [0.5, 0.6) is 5.75 Å². The summed E-state index contributed by atoms with van der Waals surface area (Å²) in [5.41, 5.74) is 4.73. The molecule has 0 fully saturated rings. The molecule has 0 amide bonds. The van der Waals surface area contributed by atoms with Gasteiger partial charge in [-0.1, -0.05) is 81.6 Å². The SMILES string of the molecule is CCCCCOc1ccc2nc(CCCC)n(Cc3ccc(-c4ccccc4-c4nnn[nH]4)cc3)c(=O)c2c1. The minimum Gasteiger partial charge on any atom is -0.494 e. The molecule has 0 saturated carbocycles. The third-order valence-corrected chi connectivity index (χ3v) is 6.91. The molecule has 39 heavy (non-hydrogen) atoms. The van der Waals surface area contributed by atoms with Crippen LogP contribution in [0.1, 0.15) is 57.3 Å². The van der Waals surface area contributed by atoms with E-state index in [-0.39, 0.29) is 5.56 Å². The molecule has 0 spiro atoms. The van der Waals surface area contributed by atoms with Crippen LogP contribution >= 0.6 is 0 Å². The molecule has 2 aromatic heterocycles. The summed E-state index contributed by atoms with van der Waals surface area (Å²) in [4.78, 5) is 18.7. The average molecular weight is 523 g/mol. The van der Waals surface area contributed by atoms with E-state index in [9.17, 15) is 4.79 Å². The van der Waals surface area contributed by atoms with Crippen molar-refractivity contribution in [3.05, 3.63) is 88.5 Å². The van der Waals surface area contributed by atoms with Crippen molar-refractivity contribution in [3.8, 4) is 28.3 Å². The Balaban J connectivity index is 1.45. The summed E-state index contributed by atoms with van der Waals surface area (Å²) in [6, 6.07) is 22.0. The second-order valence-electron chi connectivity index (χ2n) is 9.75. The number of aryl methyl sites for hydroxylation is 1. The van der Waals surface area contributed by atoms with E-state index in [0.717, 1.165) is 77.9 Å². The summed E-state index contributed by atoms with van der Waals surface area (Å²) in [7, 11) is 0. The fourth-order valence-electron chi connectivity index (χ4n) is 4.75. The fourth-order valence-corrected chi connectivity index (χ4v) is 4.75. The van der Waals surface area contributed by atoms with E-state index >= 15 is 0 Å². The predicted octanol–water partition coefficient (Wildman–Crippen LogP) is 6.20. The molecule has 0 aliphatic rings. The van der Waals surface area contributed by atoms with Gasteiger partial charge in [0.15, 0.2) is 5.82 Å². The molecule has 5 aromatic rings. The van der Waals surface area contributed by atoms with E-state index in [0.29, 0.717) is 24.4 Å². The van der Waals surface area contributed by atoms with Crippen LogP contribution in [0.4, 0.5) is 0 Å². The highest BCUT2D eigenvalue weighted by atomic mass is 16.5. The van der Waals surface area contributed by atoms with Crippen LogP contribution in [-0.2, 0) is 13.0 Å². The van der Waals surface area contributed by atoms with E-state index in [4.69, 9.17) is 9.72 Å². The van der Waals surface area contributed by atoms with Crippen LogP contribution in [0.2, 0.25) is 0 Å². The quantitative estimate of drug-likeness (QED) is 0.196. The first-order chi connectivity index (χ1) is 19.2. The lowest BCUT2D eigenvalue weighted by molar-refractivity contribution is 0.306. The molecule has 0 unspecified atom stereocenters. The molecule has 8 nitrogen and oxygen atoms in total. The van der Waals surface area contributed by atoms with Gasteiger partial charge in [0.2, 0.25) is 0 Å². The predicted molar refractivity (Wildman–Crippen MR) is 154 cm³/mol. The number of unbranched alkanes of at least 4 members (excludes halogenated alkanes) is 3. The van der Waals surface area contributed by atoms with E-state index in [1.165, 1.54) is 0 Å². The van der Waals surface area contributed by atoms with Crippen LogP contribution in [0, 0.1) is 0 Å². The monoisotopic (exact) mass is 522 g/mol. The van der Waals surface area contributed by atoms with Crippen LogP contribution in [0.15, 0.2) is 71.5 Å². The Hall–Kier alpha value is -4.33. The molecule has 0 bridgehead atoms. The molecular weight excluding hydrogens is 488 g/mol. The number of aromatic amines is 1. The number of H-pyrrole nitrogens is 1. The van der Waals surface area contributed by atoms with Crippen molar-refractivity contribution in [3.63, 3.8) is 0 Å². The third-order valence-electron chi connectivity index (χ3n) is 6.91. The number of benzene rings is 3. The van der Waals surface area contributed by atoms with Crippen LogP contribution < -0.4 is 10.3 Å². The first-order valence-corrected chi connectivity index (χ1v) is 13.8. The van der Waals surface area contributed by atoms with Gasteiger partial charge in [-0.05, 0) is 58.2 Å². The molecule has 0 aliphatic carbocycles. The van der Waals surface area contributed by atoms with Crippen molar-refractivity contribution >= 4 is 10.9 Å². The largest absolute Gasteiger partial charge is 0.494 e. The summed E-state index contributed by atoms with van der Waals surface area (Å²) < 4.78 is 7.75. The van der Waals surface area contributed by atoms with Crippen molar-refractivity contribution in [1.29, 1.82) is 0 Å². The number of nitrogens with one attached hydrogen (secondary N) is 1. The average Bonchev–Trinajstić information content (AvgIpc) is 3.52. The molecule has 1 N–H and O–H groups in total. The Labute approximate surface area is 228 Å². The van der Waals surface area contributed by atoms with Crippen LogP contribution in [0.25, 0.3) is 33.4 Å². The lowest BCUT2D eigenvalue weighted by Gasteiger charge is -2.15. The van der Waals surface area contributed by atoms with Gasteiger partial charge in [-0.2, -0.15) is 0 Å². The standard InChI is InChI=1S/C31H34N6O2/c1-3-5-9-19-39-24-17-18-28-27(20-24)31(38)37(29(32-28)12-6-4-2)21-22-13-15-23(16-14-22)25-10-7-8-11-26(25)30-33-35-36-34-30/h7-8,10-11,13-18,20H,3-6,9,12,19,21H2,1-2H3,(H,33,34,35,36). The Morgan fingerprint density at radius 2 is 1.69 bits per heavy atom. The van der Waals surface area contributed by atoms with Gasteiger partial charge >= 0.3 is 0 Å². The second-order valence-corrected chi connectivity index (χ2v) is 9.75. The maximum absolute atomic E-state index is 13.8. The lowest BCUT2D eigenvalue weighted by atomic mass is 9.98. The van der Waals surface area contributed by atoms with Crippen LogP contribution in [0.3, 0.4) is 0 Å². The summed E-state index contributed by atoms with van der Waals surface area (Å²) >= 11 is 0. The normalized spacial score (nSPS) is 11.2. The Morgan fingerprint density at radius 3 is 2.44 bits per heavy atom. The summed E-state index contributed by atoms with van der Waals surface area (Å²) in [5, 5.41) is 14.9. The van der Waals surface area contributed by atoms with Crippen molar-refractivity contribution in [2.75, 3.05) is 6.61 Å². The Kier molecular flexibility index (Phi) is 8.41. The number of hydrogen-bond donors (Lipinski definition) is 1. The molecule has 8 heteroatoms. The zero-order chi connectivity index (χ0) is 27.0. The van der Waals surface area contributed by atoms with Gasteiger partial charge in [-0.3, -0.25) is 9.36 Å². The molecule has 2 heterocycles. The smallest absolute Gasteiger partial charge is 0.261 e. The minimum absolute atomic E-state index is 0.0302. The minimum atomic E-state index is -0.0302. The molecule has 0 aliphatic heterocycles. The number of fused-ring (bicyclic) bond motifs is 1. The highest BCUT2D eigenvalue weighted by molar-refractivity contribution is 5.81. The summed E-state index contributed by atoms with van der Waals surface area (Å²) in [6.45, 7) is 5.43. The molecule has 0 saturated heterocycles. The van der Waals surface area contributed by atoms with E-state index in [1.807, 2.05) is 41.0 Å². The number of tetrazole rings is 1. The highest BCUT2D eigenvalue weighted by Crippen LogP contribution is 2.30. The van der Waals surface area contributed by atoms with Gasteiger partial charge in [0.1, 0.15) is 11.6 Å². The maximum Gasteiger partial charge on any atom is 0.261 e. The van der Waals surface area contributed by atoms with Crippen molar-refractivity contribution in [1.82, 2.24) is 30.2 Å². The molecule has 0 atom stereocenters. The molecule has 200 valence electrons. The maximum atomic E-state index is 13.8. The van der Waals surface area contributed by atoms with E-state index in [1.54, 1.807) is 0 Å². The van der Waals surface area contributed by atoms with Gasteiger partial charge < -0.3 is 4.74 Å². The van der Waals surface area contributed by atoms with E-state index in [2.05, 4.69) is 64.8 Å². The number of rotatable bonds is 12. The zero-order valence-corrected chi connectivity index (χ0v) is 22.6. The number of nitrogens with zero attached hydrogens (tertiary/aromatic N) is 5. The fraction of sp³-hybridized carbons (Fsp3) is 0.323. The third kappa shape index (κ3) is 6.06. The lowest BCUT2D eigenvalue weighted by Crippen LogP contribution is -2.26. The highest BCUT2D eigenvalue weighted by Gasteiger charge is 2.14. The Bertz CT molecular complexity index is 1580.